The Morgan fingerprint density at radius 1 is 0.867 bits per heavy atom. The van der Waals surface area contributed by atoms with E-state index in [2.05, 4.69) is 15.5 Å². The van der Waals surface area contributed by atoms with Crippen LogP contribution in [0, 0.1) is 0 Å². The topological polar surface area (TPSA) is 62.8 Å². The van der Waals surface area contributed by atoms with E-state index in [-0.39, 0.29) is 6.03 Å². The van der Waals surface area contributed by atoms with Crippen molar-refractivity contribution in [3.05, 3.63) is 84.4 Å². The summed E-state index contributed by atoms with van der Waals surface area (Å²) < 4.78 is 11.2. The first-order chi connectivity index (χ1) is 14.8. The molecule has 1 fully saturated rings. The largest absolute Gasteiger partial charge is 0.489 e. The van der Waals surface area contributed by atoms with Gasteiger partial charge >= 0.3 is 6.03 Å². The van der Waals surface area contributed by atoms with Gasteiger partial charge in [-0.1, -0.05) is 42.5 Å². The normalized spacial score (nSPS) is 13.5. The molecule has 30 heavy (non-hydrogen) atoms. The molecule has 1 heterocycles. The first kappa shape index (κ1) is 19.8. The molecule has 0 unspecified atom stereocenters. The third-order valence-corrected chi connectivity index (χ3v) is 4.86. The number of anilines is 3. The predicted molar refractivity (Wildman–Crippen MR) is 119 cm³/mol. The molecular weight excluding hydrogens is 378 g/mol. The number of benzene rings is 3. The second kappa shape index (κ2) is 9.80. The maximum absolute atomic E-state index is 12.5. The number of hydrogen-bond acceptors (Lipinski definition) is 4. The SMILES string of the molecule is O=C(Nc1ccc(OCc2ccccc2)cc1)Nc1ccccc1N1CCOCC1. The Kier molecular flexibility index (Phi) is 6.47. The predicted octanol–water partition coefficient (Wildman–Crippen LogP) is 4.75. The Hall–Kier alpha value is -3.51. The molecule has 6 heteroatoms. The summed E-state index contributed by atoms with van der Waals surface area (Å²) in [4.78, 5) is 14.7. The lowest BCUT2D eigenvalue weighted by molar-refractivity contribution is 0.123. The molecule has 0 aromatic heterocycles. The van der Waals surface area contributed by atoms with Crippen LogP contribution in [-0.2, 0) is 11.3 Å². The lowest BCUT2D eigenvalue weighted by Gasteiger charge is -2.30. The van der Waals surface area contributed by atoms with E-state index < -0.39 is 0 Å². The summed E-state index contributed by atoms with van der Waals surface area (Å²) in [5.74, 6) is 0.752. The molecule has 0 saturated carbocycles. The standard InChI is InChI=1S/C24H25N3O3/c28-24(26-22-8-4-5-9-23(22)27-14-16-29-17-15-27)25-20-10-12-21(13-11-20)30-18-19-6-2-1-3-7-19/h1-13H,14-18H2,(H2,25,26,28). The third kappa shape index (κ3) is 5.30. The Morgan fingerprint density at radius 3 is 2.33 bits per heavy atom. The number of carbonyl (C=O) groups excluding carboxylic acids is 1. The molecular formula is C24H25N3O3. The van der Waals surface area contributed by atoms with Crippen molar-refractivity contribution in [2.24, 2.45) is 0 Å². The number of rotatable bonds is 6. The first-order valence-corrected chi connectivity index (χ1v) is 10.0. The van der Waals surface area contributed by atoms with Crippen LogP contribution in [0.4, 0.5) is 21.9 Å². The Balaban J connectivity index is 1.33. The minimum Gasteiger partial charge on any atom is -0.489 e. The summed E-state index contributed by atoms with van der Waals surface area (Å²) in [6.45, 7) is 3.51. The molecule has 4 rings (SSSR count). The number of urea groups is 1. The number of morpholine rings is 1. The van der Waals surface area contributed by atoms with Gasteiger partial charge in [-0.2, -0.15) is 0 Å². The van der Waals surface area contributed by atoms with E-state index in [9.17, 15) is 4.79 Å². The van der Waals surface area contributed by atoms with Crippen molar-refractivity contribution in [1.82, 2.24) is 0 Å². The molecule has 0 aliphatic carbocycles. The van der Waals surface area contributed by atoms with Crippen LogP contribution in [0.15, 0.2) is 78.9 Å². The molecule has 1 saturated heterocycles. The highest BCUT2D eigenvalue weighted by Crippen LogP contribution is 2.26. The van der Waals surface area contributed by atoms with Gasteiger partial charge in [0.2, 0.25) is 0 Å². The molecule has 3 aromatic rings. The van der Waals surface area contributed by atoms with Crippen molar-refractivity contribution in [3.8, 4) is 5.75 Å². The van der Waals surface area contributed by atoms with Crippen molar-refractivity contribution in [3.63, 3.8) is 0 Å². The maximum Gasteiger partial charge on any atom is 0.323 e. The van der Waals surface area contributed by atoms with Gasteiger partial charge in [-0.15, -0.1) is 0 Å². The zero-order valence-electron chi connectivity index (χ0n) is 16.7. The fraction of sp³-hybridized carbons (Fsp3) is 0.208. The van der Waals surface area contributed by atoms with Crippen molar-refractivity contribution < 1.29 is 14.3 Å². The number of nitrogens with zero attached hydrogens (tertiary/aromatic N) is 1. The molecule has 0 atom stereocenters. The van der Waals surface area contributed by atoms with Gasteiger partial charge in [0.1, 0.15) is 12.4 Å². The van der Waals surface area contributed by atoms with Crippen LogP contribution in [0.3, 0.4) is 0 Å². The second-order valence-electron chi connectivity index (χ2n) is 6.99. The molecule has 154 valence electrons. The van der Waals surface area contributed by atoms with Crippen LogP contribution in [-0.4, -0.2) is 32.3 Å². The Labute approximate surface area is 176 Å². The van der Waals surface area contributed by atoms with E-state index in [1.165, 1.54) is 0 Å². The molecule has 0 bridgehead atoms. The van der Waals surface area contributed by atoms with Crippen molar-refractivity contribution in [1.29, 1.82) is 0 Å². The summed E-state index contributed by atoms with van der Waals surface area (Å²) in [6, 6.07) is 24.9. The van der Waals surface area contributed by atoms with Crippen LogP contribution in [0.25, 0.3) is 0 Å². The highest BCUT2D eigenvalue weighted by Gasteiger charge is 2.15. The van der Waals surface area contributed by atoms with E-state index in [0.29, 0.717) is 25.5 Å². The summed E-state index contributed by atoms with van der Waals surface area (Å²) in [5, 5.41) is 5.83. The molecule has 0 spiro atoms. The van der Waals surface area contributed by atoms with Crippen molar-refractivity contribution in [2.45, 2.75) is 6.61 Å². The zero-order valence-corrected chi connectivity index (χ0v) is 16.7. The molecule has 1 aliphatic rings. The van der Waals surface area contributed by atoms with Crippen LogP contribution in [0.2, 0.25) is 0 Å². The summed E-state index contributed by atoms with van der Waals surface area (Å²) >= 11 is 0. The second-order valence-corrected chi connectivity index (χ2v) is 6.99. The molecule has 6 nitrogen and oxygen atoms in total. The van der Waals surface area contributed by atoms with Crippen LogP contribution >= 0.6 is 0 Å². The Morgan fingerprint density at radius 2 is 1.57 bits per heavy atom. The van der Waals surface area contributed by atoms with E-state index in [4.69, 9.17) is 9.47 Å². The van der Waals surface area contributed by atoms with Gasteiger partial charge < -0.3 is 25.0 Å². The monoisotopic (exact) mass is 403 g/mol. The maximum atomic E-state index is 12.5. The van der Waals surface area contributed by atoms with E-state index in [0.717, 1.165) is 35.8 Å². The van der Waals surface area contributed by atoms with Gasteiger partial charge in [0.15, 0.2) is 0 Å². The van der Waals surface area contributed by atoms with Crippen LogP contribution in [0.1, 0.15) is 5.56 Å². The van der Waals surface area contributed by atoms with Gasteiger partial charge in [-0.05, 0) is 42.0 Å². The van der Waals surface area contributed by atoms with Crippen molar-refractivity contribution >= 4 is 23.1 Å². The van der Waals surface area contributed by atoms with Gasteiger partial charge in [0.05, 0.1) is 24.6 Å². The molecule has 0 radical (unpaired) electrons. The number of para-hydroxylation sites is 2. The van der Waals surface area contributed by atoms with E-state index in [1.54, 1.807) is 0 Å². The molecule has 2 N–H and O–H groups in total. The number of amides is 2. The van der Waals surface area contributed by atoms with Crippen LogP contribution < -0.4 is 20.3 Å². The Bertz CT molecular complexity index is 955. The number of hydrogen-bond donors (Lipinski definition) is 2. The number of ether oxygens (including phenoxy) is 2. The minimum atomic E-state index is -0.284. The molecule has 3 aromatic carbocycles. The summed E-state index contributed by atoms with van der Waals surface area (Å²) in [5.41, 5.74) is 3.58. The summed E-state index contributed by atoms with van der Waals surface area (Å²) in [7, 11) is 0. The van der Waals surface area contributed by atoms with E-state index >= 15 is 0 Å². The first-order valence-electron chi connectivity index (χ1n) is 10.0. The number of nitrogens with one attached hydrogen (secondary N) is 2. The number of carbonyl (C=O) groups is 1. The molecule has 1 aliphatic heterocycles. The quantitative estimate of drug-likeness (QED) is 0.624. The lowest BCUT2D eigenvalue weighted by atomic mass is 10.2. The van der Waals surface area contributed by atoms with Crippen molar-refractivity contribution in [2.75, 3.05) is 41.8 Å². The summed E-state index contributed by atoms with van der Waals surface area (Å²) in [6.07, 6.45) is 0. The van der Waals surface area contributed by atoms with Gasteiger partial charge in [-0.3, -0.25) is 0 Å². The minimum absolute atomic E-state index is 0.284. The van der Waals surface area contributed by atoms with Gasteiger partial charge in [0, 0.05) is 18.8 Å². The van der Waals surface area contributed by atoms with Gasteiger partial charge in [-0.25, -0.2) is 4.79 Å². The average Bonchev–Trinajstić information content (AvgIpc) is 2.80. The van der Waals surface area contributed by atoms with Crippen LogP contribution in [0.5, 0.6) is 5.75 Å². The van der Waals surface area contributed by atoms with E-state index in [1.807, 2.05) is 78.9 Å². The van der Waals surface area contributed by atoms with Gasteiger partial charge in [0.25, 0.3) is 0 Å². The molecule has 2 amide bonds. The highest BCUT2D eigenvalue weighted by molar-refractivity contribution is 6.01. The lowest BCUT2D eigenvalue weighted by Crippen LogP contribution is -2.36. The fourth-order valence-corrected chi connectivity index (χ4v) is 3.32. The third-order valence-electron chi connectivity index (χ3n) is 4.86. The average molecular weight is 403 g/mol. The fourth-order valence-electron chi connectivity index (χ4n) is 3.32. The highest BCUT2D eigenvalue weighted by atomic mass is 16.5. The smallest absolute Gasteiger partial charge is 0.323 e. The zero-order chi connectivity index (χ0) is 20.6.